The summed E-state index contributed by atoms with van der Waals surface area (Å²) in [7, 11) is 0. The Labute approximate surface area is 190 Å². The lowest BCUT2D eigenvalue weighted by Gasteiger charge is -2.42. The number of nitrogens with zero attached hydrogens (tertiary/aromatic N) is 4. The van der Waals surface area contributed by atoms with Gasteiger partial charge >= 0.3 is 0 Å². The van der Waals surface area contributed by atoms with E-state index < -0.39 is 0 Å². The molecule has 6 nitrogen and oxygen atoms in total. The fourth-order valence-corrected chi connectivity index (χ4v) is 5.55. The fraction of sp³-hybridized carbons (Fsp3) is 0.542. The fourth-order valence-electron chi connectivity index (χ4n) is 4.65. The molecule has 2 aromatic rings. The van der Waals surface area contributed by atoms with Gasteiger partial charge in [0, 0.05) is 36.8 Å². The quantitative estimate of drug-likeness (QED) is 0.600. The predicted octanol–water partition coefficient (Wildman–Crippen LogP) is 5.21. The zero-order valence-corrected chi connectivity index (χ0v) is 19.7. The molecule has 0 aromatic carbocycles. The molecule has 1 aliphatic heterocycles. The van der Waals surface area contributed by atoms with E-state index in [-0.39, 0.29) is 0 Å². The van der Waals surface area contributed by atoms with Crippen LogP contribution in [0.2, 0.25) is 0 Å². The Bertz CT molecular complexity index is 878. The summed E-state index contributed by atoms with van der Waals surface area (Å²) < 4.78 is 0. The Morgan fingerprint density at radius 2 is 1.97 bits per heavy atom. The van der Waals surface area contributed by atoms with Crippen LogP contribution < -0.4 is 15.5 Å². The van der Waals surface area contributed by atoms with Crippen molar-refractivity contribution in [1.82, 2.24) is 15.0 Å². The topological polar surface area (TPSA) is 66.0 Å². The molecule has 2 fully saturated rings. The van der Waals surface area contributed by atoms with Gasteiger partial charge in [-0.3, -0.25) is 0 Å². The van der Waals surface area contributed by atoms with Crippen molar-refractivity contribution < 1.29 is 0 Å². The molecule has 31 heavy (non-hydrogen) atoms. The minimum atomic E-state index is 0.386. The molecule has 2 N–H and O–H groups in total. The molecule has 2 aromatic heterocycles. The molecule has 1 saturated carbocycles. The third kappa shape index (κ3) is 5.14. The minimum Gasteiger partial charge on any atom is -0.367 e. The SMILES string of the molecule is C=C1CC(CC)C(Nc2ccnc(Nc3ccc(N4CCSCC4)nc3)n2)C(C)C1C. The van der Waals surface area contributed by atoms with Gasteiger partial charge in [0.15, 0.2) is 0 Å². The summed E-state index contributed by atoms with van der Waals surface area (Å²) in [5, 5.41) is 7.01. The average Bonchev–Trinajstić information content (AvgIpc) is 2.80. The molecule has 3 heterocycles. The highest BCUT2D eigenvalue weighted by Crippen LogP contribution is 2.39. The van der Waals surface area contributed by atoms with Crippen LogP contribution in [-0.2, 0) is 0 Å². The van der Waals surface area contributed by atoms with Gasteiger partial charge in [-0.25, -0.2) is 9.97 Å². The Kier molecular flexibility index (Phi) is 7.00. The second kappa shape index (κ2) is 9.90. The molecule has 0 amide bonds. The molecule has 4 atom stereocenters. The molecule has 4 unspecified atom stereocenters. The van der Waals surface area contributed by atoms with Crippen LogP contribution >= 0.6 is 11.8 Å². The molecule has 0 radical (unpaired) electrons. The number of hydrogen-bond acceptors (Lipinski definition) is 7. The Morgan fingerprint density at radius 1 is 1.16 bits per heavy atom. The molecule has 1 saturated heterocycles. The van der Waals surface area contributed by atoms with E-state index in [1.165, 1.54) is 17.1 Å². The summed E-state index contributed by atoms with van der Waals surface area (Å²) >= 11 is 2.01. The number of rotatable bonds is 6. The third-order valence-electron chi connectivity index (χ3n) is 6.86. The van der Waals surface area contributed by atoms with Gasteiger partial charge in [0.25, 0.3) is 0 Å². The van der Waals surface area contributed by atoms with Crippen LogP contribution in [-0.4, -0.2) is 45.6 Å². The zero-order chi connectivity index (χ0) is 21.8. The lowest BCUT2D eigenvalue weighted by molar-refractivity contribution is 0.236. The maximum Gasteiger partial charge on any atom is 0.229 e. The normalized spacial score (nSPS) is 26.5. The van der Waals surface area contributed by atoms with Gasteiger partial charge in [0.05, 0.1) is 11.9 Å². The van der Waals surface area contributed by atoms with E-state index >= 15 is 0 Å². The lowest BCUT2D eigenvalue weighted by atomic mass is 9.69. The maximum absolute atomic E-state index is 4.72. The molecular formula is C24H34N6S. The Balaban J connectivity index is 1.43. The van der Waals surface area contributed by atoms with E-state index in [4.69, 9.17) is 4.98 Å². The van der Waals surface area contributed by atoms with Crippen molar-refractivity contribution in [3.8, 4) is 0 Å². The summed E-state index contributed by atoms with van der Waals surface area (Å²) in [6, 6.07) is 6.47. The minimum absolute atomic E-state index is 0.386. The molecular weight excluding hydrogens is 404 g/mol. The van der Waals surface area contributed by atoms with E-state index in [0.29, 0.717) is 29.7 Å². The summed E-state index contributed by atoms with van der Waals surface area (Å²) in [5.41, 5.74) is 2.27. The Morgan fingerprint density at radius 3 is 2.68 bits per heavy atom. The summed E-state index contributed by atoms with van der Waals surface area (Å²) in [5.74, 6) is 6.43. The smallest absolute Gasteiger partial charge is 0.229 e. The van der Waals surface area contributed by atoms with Crippen molar-refractivity contribution in [1.29, 1.82) is 0 Å². The standard InChI is InChI=1S/C24H34N6S/c1-5-19-14-16(2)17(3)18(4)23(19)28-21-8-9-25-24(29-21)27-20-6-7-22(26-15-20)30-10-12-31-13-11-30/h6-9,15,17-19,23H,2,5,10-14H2,1,3-4H3,(H2,25,27,28,29). The van der Waals surface area contributed by atoms with E-state index in [1.807, 2.05) is 30.2 Å². The third-order valence-corrected chi connectivity index (χ3v) is 7.81. The summed E-state index contributed by atoms with van der Waals surface area (Å²) in [6.07, 6.45) is 5.90. The number of hydrogen-bond donors (Lipinski definition) is 2. The van der Waals surface area contributed by atoms with E-state index in [0.717, 1.165) is 43.3 Å². The van der Waals surface area contributed by atoms with Crippen molar-refractivity contribution in [2.24, 2.45) is 17.8 Å². The number of nitrogens with one attached hydrogen (secondary N) is 2. The number of thioether (sulfide) groups is 1. The predicted molar refractivity (Wildman–Crippen MR) is 132 cm³/mol. The first-order valence-corrected chi connectivity index (χ1v) is 12.5. The first-order valence-electron chi connectivity index (χ1n) is 11.4. The van der Waals surface area contributed by atoms with Crippen LogP contribution in [0.5, 0.6) is 0 Å². The van der Waals surface area contributed by atoms with Crippen molar-refractivity contribution in [2.75, 3.05) is 40.1 Å². The highest BCUT2D eigenvalue weighted by Gasteiger charge is 2.36. The van der Waals surface area contributed by atoms with Gasteiger partial charge in [-0.05, 0) is 42.4 Å². The largest absolute Gasteiger partial charge is 0.367 e. The average molecular weight is 439 g/mol. The van der Waals surface area contributed by atoms with Crippen LogP contribution in [0.15, 0.2) is 42.7 Å². The number of aromatic nitrogens is 3. The van der Waals surface area contributed by atoms with Crippen LogP contribution in [0, 0.1) is 17.8 Å². The number of anilines is 4. The van der Waals surface area contributed by atoms with Crippen molar-refractivity contribution in [3.63, 3.8) is 0 Å². The number of pyridine rings is 1. The number of allylic oxidation sites excluding steroid dienone is 1. The second-order valence-corrected chi connectivity index (χ2v) is 9.97. The van der Waals surface area contributed by atoms with Gasteiger partial charge in [0.1, 0.15) is 11.6 Å². The van der Waals surface area contributed by atoms with Gasteiger partial charge in [0.2, 0.25) is 5.95 Å². The van der Waals surface area contributed by atoms with Crippen LogP contribution in [0.1, 0.15) is 33.6 Å². The molecule has 166 valence electrons. The van der Waals surface area contributed by atoms with Crippen LogP contribution in [0.3, 0.4) is 0 Å². The maximum atomic E-state index is 4.72. The van der Waals surface area contributed by atoms with Gasteiger partial charge in [-0.1, -0.05) is 39.3 Å². The molecule has 0 bridgehead atoms. The Hall–Kier alpha value is -2.28. The van der Waals surface area contributed by atoms with E-state index in [2.05, 4.69) is 65.0 Å². The highest BCUT2D eigenvalue weighted by atomic mass is 32.2. The molecule has 1 aliphatic carbocycles. The first kappa shape index (κ1) is 21.9. The van der Waals surface area contributed by atoms with Crippen LogP contribution in [0.4, 0.5) is 23.3 Å². The van der Waals surface area contributed by atoms with E-state index in [1.54, 1.807) is 0 Å². The molecule has 7 heteroatoms. The van der Waals surface area contributed by atoms with Gasteiger partial charge in [-0.15, -0.1) is 0 Å². The first-order chi connectivity index (χ1) is 15.0. The molecule has 2 aliphatic rings. The van der Waals surface area contributed by atoms with Crippen molar-refractivity contribution >= 4 is 35.0 Å². The molecule has 4 rings (SSSR count). The van der Waals surface area contributed by atoms with E-state index in [9.17, 15) is 0 Å². The monoisotopic (exact) mass is 438 g/mol. The zero-order valence-electron chi connectivity index (χ0n) is 18.8. The second-order valence-electron chi connectivity index (χ2n) is 8.74. The van der Waals surface area contributed by atoms with Gasteiger partial charge < -0.3 is 15.5 Å². The lowest BCUT2D eigenvalue weighted by Crippen LogP contribution is -2.43. The highest BCUT2D eigenvalue weighted by molar-refractivity contribution is 7.99. The van der Waals surface area contributed by atoms with Gasteiger partial charge in [-0.2, -0.15) is 16.7 Å². The molecule has 0 spiro atoms. The summed E-state index contributed by atoms with van der Waals surface area (Å²) in [4.78, 5) is 16.1. The van der Waals surface area contributed by atoms with Crippen molar-refractivity contribution in [2.45, 2.75) is 39.7 Å². The van der Waals surface area contributed by atoms with Crippen molar-refractivity contribution in [3.05, 3.63) is 42.7 Å². The summed E-state index contributed by atoms with van der Waals surface area (Å²) in [6.45, 7) is 13.3. The van der Waals surface area contributed by atoms with Crippen LogP contribution in [0.25, 0.3) is 0 Å².